The summed E-state index contributed by atoms with van der Waals surface area (Å²) in [6, 6.07) is 119. The van der Waals surface area contributed by atoms with Crippen molar-refractivity contribution in [3.05, 3.63) is 328 Å². The molecule has 96 heavy (non-hydrogen) atoms. The Labute approximate surface area is 550 Å². The number of anilines is 6. The van der Waals surface area contributed by atoms with E-state index in [0.717, 1.165) is 122 Å². The van der Waals surface area contributed by atoms with Gasteiger partial charge in [0, 0.05) is 110 Å². The van der Waals surface area contributed by atoms with E-state index in [1.165, 1.54) is 76.3 Å². The second-order valence-electron chi connectivity index (χ2n) is 25.4. The maximum Gasteiger partial charge on any atom is 0.159 e. The van der Waals surface area contributed by atoms with Gasteiger partial charge in [-0.1, -0.05) is 267 Å². The highest BCUT2D eigenvalue weighted by molar-refractivity contribution is 6.38. The van der Waals surface area contributed by atoms with Gasteiger partial charge in [0.25, 0.3) is 0 Å². The van der Waals surface area contributed by atoms with Crippen LogP contribution in [0.3, 0.4) is 0 Å². The highest BCUT2D eigenvalue weighted by Gasteiger charge is 2.32. The summed E-state index contributed by atoms with van der Waals surface area (Å²) in [5.41, 5.74) is 25.5. The summed E-state index contributed by atoms with van der Waals surface area (Å²) in [4.78, 5) is 4.77. The average molecular weight is 1220 g/mol. The van der Waals surface area contributed by atoms with Gasteiger partial charge in [0.1, 0.15) is 11.2 Å². The number of furan rings is 2. The van der Waals surface area contributed by atoms with Crippen molar-refractivity contribution in [1.29, 1.82) is 0 Å². The summed E-state index contributed by atoms with van der Waals surface area (Å²) in [6.45, 7) is 0. The fourth-order valence-electron chi connectivity index (χ4n) is 16.4. The molecule has 0 spiro atoms. The van der Waals surface area contributed by atoms with Crippen LogP contribution in [-0.2, 0) is 0 Å². The Bertz CT molecular complexity index is 6260. The molecule has 21 rings (SSSR count). The number of aromatic nitrogens is 2. The van der Waals surface area contributed by atoms with E-state index in [1.54, 1.807) is 0 Å². The third kappa shape index (κ3) is 7.40. The zero-order valence-corrected chi connectivity index (χ0v) is 51.8. The molecule has 6 heterocycles. The molecule has 0 saturated heterocycles. The van der Waals surface area contributed by atoms with Crippen LogP contribution in [-0.4, -0.2) is 8.80 Å². The predicted molar refractivity (Wildman–Crippen MR) is 401 cm³/mol. The van der Waals surface area contributed by atoms with Crippen molar-refractivity contribution >= 4 is 154 Å². The van der Waals surface area contributed by atoms with Crippen LogP contribution in [0.5, 0.6) is 0 Å². The highest BCUT2D eigenvalue weighted by atomic mass is 16.3. The third-order valence-corrected chi connectivity index (χ3v) is 20.3. The maximum atomic E-state index is 7.21. The number of rotatable bonds is 10. The van der Waals surface area contributed by atoms with Crippen molar-refractivity contribution in [2.75, 3.05) is 9.80 Å². The highest BCUT2D eigenvalue weighted by Crippen LogP contribution is 2.56. The molecular formula is C90H54N4O2. The number of benzene rings is 15. The fraction of sp³-hybridized carbons (Fsp3) is 0. The molecule has 6 aromatic heterocycles. The lowest BCUT2D eigenvalue weighted by Crippen LogP contribution is -2.10. The minimum atomic E-state index is 0.832. The summed E-state index contributed by atoms with van der Waals surface area (Å²) >= 11 is 0. The molecular weight excluding hydrogens is 1170 g/mol. The first-order chi connectivity index (χ1) is 47.7. The van der Waals surface area contributed by atoms with Crippen molar-refractivity contribution < 1.29 is 8.83 Å². The Kier molecular flexibility index (Phi) is 11.1. The van der Waals surface area contributed by atoms with Crippen LogP contribution in [0.15, 0.2) is 336 Å². The van der Waals surface area contributed by atoms with Crippen molar-refractivity contribution in [2.45, 2.75) is 0 Å². The van der Waals surface area contributed by atoms with Gasteiger partial charge in [-0.2, -0.15) is 0 Å². The molecule has 0 amide bonds. The molecule has 0 aliphatic rings. The summed E-state index contributed by atoms with van der Waals surface area (Å²) in [7, 11) is 0. The van der Waals surface area contributed by atoms with Crippen molar-refractivity contribution in [3.8, 4) is 44.5 Å². The number of hydrogen-bond donors (Lipinski definition) is 0. The first-order valence-electron chi connectivity index (χ1n) is 32.9. The first-order valence-corrected chi connectivity index (χ1v) is 32.9. The lowest BCUT2D eigenvalue weighted by molar-refractivity contribution is 0.670. The molecule has 0 aliphatic heterocycles. The molecule has 0 fully saturated rings. The second-order valence-corrected chi connectivity index (χ2v) is 25.4. The summed E-state index contributed by atoms with van der Waals surface area (Å²) in [6.07, 6.45) is 0. The van der Waals surface area contributed by atoms with Crippen LogP contribution in [0.1, 0.15) is 0 Å². The normalized spacial score (nSPS) is 12.2. The fourth-order valence-corrected chi connectivity index (χ4v) is 16.4. The number of para-hydroxylation sites is 8. The van der Waals surface area contributed by atoms with E-state index in [1.807, 2.05) is 0 Å². The van der Waals surface area contributed by atoms with E-state index in [-0.39, 0.29) is 0 Å². The van der Waals surface area contributed by atoms with Gasteiger partial charge in [-0.3, -0.25) is 0 Å². The molecule has 0 saturated carbocycles. The van der Waals surface area contributed by atoms with Gasteiger partial charge in [-0.05, 0) is 82.9 Å². The van der Waals surface area contributed by atoms with Crippen LogP contribution in [0, 0.1) is 0 Å². The molecule has 0 aliphatic carbocycles. The molecule has 6 heteroatoms. The minimum Gasteiger partial charge on any atom is -0.453 e. The molecule has 0 N–H and O–H groups in total. The van der Waals surface area contributed by atoms with Crippen LogP contribution in [0.4, 0.5) is 34.1 Å². The van der Waals surface area contributed by atoms with Gasteiger partial charge >= 0.3 is 0 Å². The van der Waals surface area contributed by atoms with Gasteiger partial charge in [-0.25, -0.2) is 0 Å². The Hall–Kier alpha value is -12.9. The van der Waals surface area contributed by atoms with E-state index in [9.17, 15) is 0 Å². The Morgan fingerprint density at radius 2 is 0.542 bits per heavy atom. The van der Waals surface area contributed by atoms with E-state index in [0.29, 0.717) is 0 Å². The van der Waals surface area contributed by atoms with Crippen LogP contribution < -0.4 is 9.80 Å². The summed E-state index contributed by atoms with van der Waals surface area (Å²) in [5.74, 6) is 0. The molecule has 15 aromatic carbocycles. The minimum absolute atomic E-state index is 0.832. The summed E-state index contributed by atoms with van der Waals surface area (Å²) in [5, 5.41) is 13.9. The maximum absolute atomic E-state index is 7.21. The Balaban J connectivity index is 0.860. The zero-order valence-electron chi connectivity index (χ0n) is 51.8. The SMILES string of the molecule is c1ccc(-c2cccc3c2oc2c(N(c4ccccc4)c4ccc5c6cccc7c8c(-c9ccccc9)c9c(c(-c%10ccccc%10)c8n(c5c4)c67)c4cccc5c6ccc(N(c7ccccc7)c7cccc8c7oc7c(-c%10ccccc%10)cccc78)cc6n9c54)cccc23)cc1. The second kappa shape index (κ2) is 20.3. The first kappa shape index (κ1) is 52.7. The van der Waals surface area contributed by atoms with Crippen LogP contribution in [0.25, 0.3) is 165 Å². The Morgan fingerprint density at radius 3 is 0.938 bits per heavy atom. The van der Waals surface area contributed by atoms with Gasteiger partial charge in [0.15, 0.2) is 11.2 Å². The molecule has 0 atom stereocenters. The Morgan fingerprint density at radius 1 is 0.219 bits per heavy atom. The number of nitrogens with zero attached hydrogens (tertiary/aromatic N) is 4. The van der Waals surface area contributed by atoms with E-state index in [2.05, 4.69) is 346 Å². The third-order valence-electron chi connectivity index (χ3n) is 20.3. The quantitative estimate of drug-likeness (QED) is 0.137. The zero-order chi connectivity index (χ0) is 62.7. The molecule has 0 radical (unpaired) electrons. The van der Waals surface area contributed by atoms with Gasteiger partial charge in [-0.15, -0.1) is 0 Å². The van der Waals surface area contributed by atoms with Crippen LogP contribution in [0.2, 0.25) is 0 Å². The molecule has 0 bridgehead atoms. The average Bonchev–Trinajstić information content (AvgIpc) is 1.49. The largest absolute Gasteiger partial charge is 0.453 e. The lowest BCUT2D eigenvalue weighted by atomic mass is 9.89. The van der Waals surface area contributed by atoms with E-state index in [4.69, 9.17) is 8.83 Å². The smallest absolute Gasteiger partial charge is 0.159 e. The summed E-state index contributed by atoms with van der Waals surface area (Å²) < 4.78 is 19.7. The topological polar surface area (TPSA) is 41.6 Å². The number of fused-ring (bicyclic) bond motifs is 18. The van der Waals surface area contributed by atoms with Crippen molar-refractivity contribution in [3.63, 3.8) is 0 Å². The predicted octanol–water partition coefficient (Wildman–Crippen LogP) is 25.4. The standard InChI is InChI=1S/C90H54N4O2/c1-7-25-55(26-8-1)63-37-19-41-69-71-43-23-47-75(89(71)95-87(63)69)91(59-33-15-5-16-34-59)61-49-51-65-67-39-21-45-73-81-80(58-31-13-4-14-32-58)86-82(79(57-29-11-3-12-30-57)85(81)93(83(67)73)77(65)53-61)74-46-22-40-68-66-52-50-62(54-78(66)94(86)84(68)74)92(60-35-17-6-18-36-60)76-48-24-44-72-70-42-20-38-64(88(70)96-90(72)76)56-27-9-2-10-28-56/h1-54H. The lowest BCUT2D eigenvalue weighted by Gasteiger charge is -2.25. The molecule has 446 valence electrons. The number of hydrogen-bond acceptors (Lipinski definition) is 4. The van der Waals surface area contributed by atoms with Crippen LogP contribution >= 0.6 is 0 Å². The van der Waals surface area contributed by atoms with E-state index < -0.39 is 0 Å². The van der Waals surface area contributed by atoms with Crippen molar-refractivity contribution in [2.24, 2.45) is 0 Å². The molecule has 6 nitrogen and oxygen atoms in total. The van der Waals surface area contributed by atoms with Crippen molar-refractivity contribution in [1.82, 2.24) is 8.80 Å². The molecule has 21 aromatic rings. The van der Waals surface area contributed by atoms with Gasteiger partial charge in [0.05, 0.1) is 44.5 Å². The van der Waals surface area contributed by atoms with Gasteiger partial charge in [0.2, 0.25) is 0 Å². The van der Waals surface area contributed by atoms with E-state index >= 15 is 0 Å². The monoisotopic (exact) mass is 1220 g/mol. The van der Waals surface area contributed by atoms with Gasteiger partial charge < -0.3 is 27.4 Å². The molecule has 0 unspecified atom stereocenters.